The molecule has 5 heteroatoms. The molecule has 0 fully saturated rings. The Morgan fingerprint density at radius 2 is 1.88 bits per heavy atom. The quantitative estimate of drug-likeness (QED) is 0.526. The number of rotatable bonds is 7. The van der Waals surface area contributed by atoms with E-state index in [2.05, 4.69) is 38.0 Å². The SMILES string of the molecule is CC(C)(CCNC(N)=O)CC(C)(C)CN=C=O. The molecule has 0 aliphatic rings. The highest BCUT2D eigenvalue weighted by Crippen LogP contribution is 2.36. The second-order valence-corrected chi connectivity index (χ2v) is 5.95. The molecule has 98 valence electrons. The second-order valence-electron chi connectivity index (χ2n) is 5.95. The van der Waals surface area contributed by atoms with Gasteiger partial charge in [0.15, 0.2) is 0 Å². The van der Waals surface area contributed by atoms with Gasteiger partial charge < -0.3 is 11.1 Å². The Morgan fingerprint density at radius 1 is 1.29 bits per heavy atom. The molecule has 0 atom stereocenters. The lowest BCUT2D eigenvalue weighted by molar-refractivity contribution is 0.188. The zero-order valence-corrected chi connectivity index (χ0v) is 11.2. The fraction of sp³-hybridized carbons (Fsp3) is 0.833. The average Bonchev–Trinajstić information content (AvgIpc) is 2.12. The van der Waals surface area contributed by atoms with Crippen molar-refractivity contribution in [1.29, 1.82) is 0 Å². The summed E-state index contributed by atoms with van der Waals surface area (Å²) in [5.74, 6) is 0. The van der Waals surface area contributed by atoms with E-state index in [0.29, 0.717) is 13.1 Å². The summed E-state index contributed by atoms with van der Waals surface area (Å²) < 4.78 is 0. The number of hydrogen-bond donors (Lipinski definition) is 2. The molecule has 0 spiro atoms. The largest absolute Gasteiger partial charge is 0.352 e. The first kappa shape index (κ1) is 15.7. The number of amides is 2. The Balaban J connectivity index is 4.21. The molecule has 0 heterocycles. The molecule has 0 aromatic carbocycles. The zero-order chi connectivity index (χ0) is 13.5. The Bertz CT molecular complexity index is 305. The number of aliphatic imine (C=N–C) groups is 1. The maximum Gasteiger partial charge on any atom is 0.312 e. The van der Waals surface area contributed by atoms with Gasteiger partial charge in [0.25, 0.3) is 0 Å². The van der Waals surface area contributed by atoms with E-state index in [-0.39, 0.29) is 10.8 Å². The first-order valence-electron chi connectivity index (χ1n) is 5.75. The van der Waals surface area contributed by atoms with Crippen molar-refractivity contribution in [1.82, 2.24) is 5.32 Å². The summed E-state index contributed by atoms with van der Waals surface area (Å²) in [6.07, 6.45) is 3.31. The molecule has 0 bridgehead atoms. The van der Waals surface area contributed by atoms with Crippen LogP contribution in [0, 0.1) is 10.8 Å². The van der Waals surface area contributed by atoms with Gasteiger partial charge in [-0.1, -0.05) is 27.7 Å². The smallest absolute Gasteiger partial charge is 0.312 e. The van der Waals surface area contributed by atoms with Crippen LogP contribution in [0.2, 0.25) is 0 Å². The summed E-state index contributed by atoms with van der Waals surface area (Å²) in [7, 11) is 0. The van der Waals surface area contributed by atoms with Crippen LogP contribution in [0.5, 0.6) is 0 Å². The van der Waals surface area contributed by atoms with Crippen molar-refractivity contribution in [2.24, 2.45) is 21.6 Å². The molecule has 0 aliphatic carbocycles. The van der Waals surface area contributed by atoms with E-state index in [1.165, 1.54) is 0 Å². The first-order chi connectivity index (χ1) is 7.68. The Labute approximate surface area is 103 Å². The van der Waals surface area contributed by atoms with Crippen molar-refractivity contribution in [3.63, 3.8) is 0 Å². The van der Waals surface area contributed by atoms with Crippen LogP contribution >= 0.6 is 0 Å². The fourth-order valence-corrected chi connectivity index (χ4v) is 2.21. The summed E-state index contributed by atoms with van der Waals surface area (Å²) in [5.41, 5.74) is 5.02. The monoisotopic (exact) mass is 241 g/mol. The normalized spacial score (nSPS) is 11.8. The van der Waals surface area contributed by atoms with Crippen LogP contribution < -0.4 is 11.1 Å². The molecule has 2 amide bonds. The minimum absolute atomic E-state index is 0.0480. The molecular weight excluding hydrogens is 218 g/mol. The molecule has 0 aromatic heterocycles. The average molecular weight is 241 g/mol. The lowest BCUT2D eigenvalue weighted by atomic mass is 9.73. The topological polar surface area (TPSA) is 84.5 Å². The van der Waals surface area contributed by atoms with Crippen molar-refractivity contribution in [3.8, 4) is 0 Å². The van der Waals surface area contributed by atoms with Gasteiger partial charge in [-0.05, 0) is 23.7 Å². The van der Waals surface area contributed by atoms with Gasteiger partial charge in [-0.2, -0.15) is 0 Å². The van der Waals surface area contributed by atoms with E-state index < -0.39 is 6.03 Å². The van der Waals surface area contributed by atoms with Crippen LogP contribution in [0.4, 0.5) is 4.79 Å². The van der Waals surface area contributed by atoms with Crippen LogP contribution in [-0.2, 0) is 4.79 Å². The molecule has 0 aromatic rings. The van der Waals surface area contributed by atoms with Crippen molar-refractivity contribution in [2.75, 3.05) is 13.1 Å². The summed E-state index contributed by atoms with van der Waals surface area (Å²) in [6.45, 7) is 9.43. The molecule has 0 unspecified atom stereocenters. The zero-order valence-electron chi connectivity index (χ0n) is 11.2. The molecular formula is C12H23N3O2. The predicted molar refractivity (Wildman–Crippen MR) is 67.4 cm³/mol. The number of isocyanates is 1. The summed E-state index contributed by atoms with van der Waals surface area (Å²) in [5, 5.41) is 2.58. The minimum Gasteiger partial charge on any atom is -0.352 e. The number of urea groups is 1. The highest BCUT2D eigenvalue weighted by molar-refractivity contribution is 5.71. The van der Waals surface area contributed by atoms with E-state index in [9.17, 15) is 9.59 Å². The first-order valence-corrected chi connectivity index (χ1v) is 5.75. The third kappa shape index (κ3) is 8.46. The molecule has 3 N–H and O–H groups in total. The van der Waals surface area contributed by atoms with Crippen LogP contribution in [0.1, 0.15) is 40.5 Å². The molecule has 17 heavy (non-hydrogen) atoms. The number of hydrogen-bond acceptors (Lipinski definition) is 3. The Kier molecular flexibility index (Phi) is 5.89. The van der Waals surface area contributed by atoms with Crippen molar-refractivity contribution < 1.29 is 9.59 Å². The number of carbonyl (C=O) groups is 1. The van der Waals surface area contributed by atoms with Crippen LogP contribution in [-0.4, -0.2) is 25.2 Å². The summed E-state index contributed by atoms with van der Waals surface area (Å²) in [6, 6.07) is -0.495. The van der Waals surface area contributed by atoms with Crippen LogP contribution in [0.15, 0.2) is 4.99 Å². The van der Waals surface area contributed by atoms with Crippen molar-refractivity contribution >= 4 is 12.1 Å². The molecule has 5 nitrogen and oxygen atoms in total. The van der Waals surface area contributed by atoms with Gasteiger partial charge in [0.1, 0.15) is 0 Å². The number of nitrogens with two attached hydrogens (primary N) is 1. The molecule has 0 saturated heterocycles. The van der Waals surface area contributed by atoms with Gasteiger partial charge in [0, 0.05) is 6.54 Å². The summed E-state index contributed by atoms with van der Waals surface area (Å²) >= 11 is 0. The standard InChI is InChI=1S/C12H23N3O2/c1-11(2,5-6-15-10(13)17)7-12(3,4)8-14-9-16/h5-8H2,1-4H3,(H3,13,15,17). The number of nitrogens with zero attached hydrogens (tertiary/aromatic N) is 1. The van der Waals surface area contributed by atoms with E-state index >= 15 is 0 Å². The van der Waals surface area contributed by atoms with Gasteiger partial charge in [-0.15, -0.1) is 0 Å². The van der Waals surface area contributed by atoms with E-state index in [0.717, 1.165) is 12.8 Å². The van der Waals surface area contributed by atoms with Crippen molar-refractivity contribution in [2.45, 2.75) is 40.5 Å². The third-order valence-corrected chi connectivity index (χ3v) is 2.63. The third-order valence-electron chi connectivity index (χ3n) is 2.63. The molecule has 0 saturated carbocycles. The van der Waals surface area contributed by atoms with Gasteiger partial charge in [-0.3, -0.25) is 0 Å². The lowest BCUT2D eigenvalue weighted by Crippen LogP contribution is -2.34. The van der Waals surface area contributed by atoms with E-state index in [4.69, 9.17) is 5.73 Å². The Morgan fingerprint density at radius 3 is 2.35 bits per heavy atom. The molecule has 0 radical (unpaired) electrons. The van der Waals surface area contributed by atoms with Crippen LogP contribution in [0.25, 0.3) is 0 Å². The van der Waals surface area contributed by atoms with Gasteiger partial charge in [0.05, 0.1) is 6.54 Å². The number of carbonyl (C=O) groups excluding carboxylic acids is 2. The van der Waals surface area contributed by atoms with Crippen molar-refractivity contribution in [3.05, 3.63) is 0 Å². The number of nitrogens with one attached hydrogen (secondary N) is 1. The van der Waals surface area contributed by atoms with E-state index in [1.54, 1.807) is 6.08 Å². The van der Waals surface area contributed by atoms with Gasteiger partial charge in [0.2, 0.25) is 6.08 Å². The Hall–Kier alpha value is -1.35. The minimum atomic E-state index is -0.495. The molecule has 0 rings (SSSR count). The predicted octanol–water partition coefficient (Wildman–Crippen LogP) is 1.82. The molecule has 0 aliphatic heterocycles. The summed E-state index contributed by atoms with van der Waals surface area (Å²) in [4.78, 5) is 24.3. The van der Waals surface area contributed by atoms with Gasteiger partial charge >= 0.3 is 6.03 Å². The van der Waals surface area contributed by atoms with E-state index in [1.807, 2.05) is 0 Å². The second kappa shape index (κ2) is 6.40. The lowest BCUT2D eigenvalue weighted by Gasteiger charge is -2.33. The van der Waals surface area contributed by atoms with Gasteiger partial charge in [-0.25, -0.2) is 14.6 Å². The maximum atomic E-state index is 10.6. The van der Waals surface area contributed by atoms with Crippen LogP contribution in [0.3, 0.4) is 0 Å². The highest BCUT2D eigenvalue weighted by atomic mass is 16.2. The maximum absolute atomic E-state index is 10.6. The number of primary amides is 1. The fourth-order valence-electron chi connectivity index (χ4n) is 2.21. The highest BCUT2D eigenvalue weighted by Gasteiger charge is 2.28.